The van der Waals surface area contributed by atoms with Crippen molar-refractivity contribution < 1.29 is 0 Å². The summed E-state index contributed by atoms with van der Waals surface area (Å²) in [6, 6.07) is 0. The average Bonchev–Trinajstić information content (AvgIpc) is 2.18. The van der Waals surface area contributed by atoms with E-state index in [1.165, 1.54) is 0 Å². The van der Waals surface area contributed by atoms with E-state index >= 15 is 0 Å². The lowest BCUT2D eigenvalue weighted by atomic mass is 10.3. The molecular weight excluding hydrogens is 176 g/mol. The summed E-state index contributed by atoms with van der Waals surface area (Å²) in [5, 5.41) is 0. The van der Waals surface area contributed by atoms with Crippen molar-refractivity contribution in [3.05, 3.63) is 25.0 Å². The van der Waals surface area contributed by atoms with Crippen LogP contribution in [-0.2, 0) is 0 Å². The average molecular weight is 192 g/mol. The highest BCUT2D eigenvalue weighted by Crippen LogP contribution is 2.09. The van der Waals surface area contributed by atoms with Gasteiger partial charge >= 0.3 is 0 Å². The zero-order valence-electron chi connectivity index (χ0n) is 8.48. The number of hydrogen-bond acceptors (Lipinski definition) is 4. The van der Waals surface area contributed by atoms with E-state index in [4.69, 9.17) is 5.73 Å². The first kappa shape index (κ1) is 10.5. The van der Waals surface area contributed by atoms with Gasteiger partial charge in [0.15, 0.2) is 0 Å². The largest absolute Gasteiger partial charge is 0.382 e. The summed E-state index contributed by atoms with van der Waals surface area (Å²) in [7, 11) is 1.98. The molecule has 0 saturated heterocycles. The lowest BCUT2D eigenvalue weighted by Crippen LogP contribution is -2.20. The second kappa shape index (κ2) is 5.21. The van der Waals surface area contributed by atoms with Crippen LogP contribution in [0.3, 0.4) is 0 Å². The van der Waals surface area contributed by atoms with Crippen LogP contribution in [0.1, 0.15) is 12.8 Å². The first-order valence-electron chi connectivity index (χ1n) is 4.63. The number of nitrogen functional groups attached to an aromatic ring is 1. The summed E-state index contributed by atoms with van der Waals surface area (Å²) in [6.07, 6.45) is 7.25. The number of allylic oxidation sites excluding steroid dienone is 1. The third kappa shape index (κ3) is 3.05. The lowest BCUT2D eigenvalue weighted by Gasteiger charge is -2.17. The van der Waals surface area contributed by atoms with Crippen molar-refractivity contribution in [2.24, 2.45) is 0 Å². The van der Waals surface area contributed by atoms with Crippen LogP contribution in [-0.4, -0.2) is 23.6 Å². The number of anilines is 2. The monoisotopic (exact) mass is 192 g/mol. The standard InChI is InChI=1S/C10H16N4/c1-3-4-5-6-14(2)10-8-12-7-9(11)13-10/h3,7-8H,1,4-6H2,2H3,(H2,11,13). The lowest BCUT2D eigenvalue weighted by molar-refractivity contribution is 0.790. The molecule has 0 bridgehead atoms. The Labute approximate surface area is 84.5 Å². The summed E-state index contributed by atoms with van der Waals surface area (Å²) < 4.78 is 0. The molecule has 0 spiro atoms. The molecule has 0 saturated carbocycles. The number of nitrogens with two attached hydrogens (primary N) is 1. The predicted molar refractivity (Wildman–Crippen MR) is 59.1 cm³/mol. The molecule has 1 heterocycles. The third-order valence-electron chi connectivity index (χ3n) is 1.93. The minimum Gasteiger partial charge on any atom is -0.382 e. The van der Waals surface area contributed by atoms with Crippen molar-refractivity contribution in [1.82, 2.24) is 9.97 Å². The Kier molecular flexibility index (Phi) is 3.91. The summed E-state index contributed by atoms with van der Waals surface area (Å²) in [6.45, 7) is 4.61. The first-order chi connectivity index (χ1) is 6.74. The van der Waals surface area contributed by atoms with Crippen LogP contribution in [0.4, 0.5) is 11.6 Å². The number of unbranched alkanes of at least 4 members (excludes halogenated alkanes) is 1. The van der Waals surface area contributed by atoms with Crippen LogP contribution in [0.5, 0.6) is 0 Å². The maximum Gasteiger partial charge on any atom is 0.149 e. The maximum absolute atomic E-state index is 5.53. The Morgan fingerprint density at radius 2 is 2.36 bits per heavy atom. The van der Waals surface area contributed by atoms with Gasteiger partial charge in [0.25, 0.3) is 0 Å². The summed E-state index contributed by atoms with van der Waals surface area (Å²) in [5.74, 6) is 1.27. The second-order valence-corrected chi connectivity index (χ2v) is 3.15. The van der Waals surface area contributed by atoms with E-state index in [-0.39, 0.29) is 0 Å². The van der Waals surface area contributed by atoms with Gasteiger partial charge in [-0.2, -0.15) is 0 Å². The van der Waals surface area contributed by atoms with E-state index < -0.39 is 0 Å². The summed E-state index contributed by atoms with van der Waals surface area (Å²) >= 11 is 0. The number of rotatable bonds is 5. The van der Waals surface area contributed by atoms with Crippen molar-refractivity contribution in [3.8, 4) is 0 Å². The molecule has 4 nitrogen and oxygen atoms in total. The third-order valence-corrected chi connectivity index (χ3v) is 1.93. The van der Waals surface area contributed by atoms with Crippen LogP contribution in [0.25, 0.3) is 0 Å². The molecule has 76 valence electrons. The van der Waals surface area contributed by atoms with Crippen molar-refractivity contribution in [2.45, 2.75) is 12.8 Å². The van der Waals surface area contributed by atoms with Gasteiger partial charge in [-0.25, -0.2) is 4.98 Å². The van der Waals surface area contributed by atoms with Crippen LogP contribution in [0.2, 0.25) is 0 Å². The zero-order chi connectivity index (χ0) is 10.4. The Bertz CT molecular complexity index is 298. The molecule has 0 unspecified atom stereocenters. The minimum atomic E-state index is 0.457. The SMILES string of the molecule is C=CCCCN(C)c1cncc(N)n1. The fraction of sp³-hybridized carbons (Fsp3) is 0.400. The van der Waals surface area contributed by atoms with Crippen LogP contribution in [0, 0.1) is 0 Å². The van der Waals surface area contributed by atoms with Crippen molar-refractivity contribution in [2.75, 3.05) is 24.2 Å². The van der Waals surface area contributed by atoms with Crippen LogP contribution >= 0.6 is 0 Å². The molecule has 0 aliphatic heterocycles. The topological polar surface area (TPSA) is 55.0 Å². The van der Waals surface area contributed by atoms with Crippen molar-refractivity contribution in [1.29, 1.82) is 0 Å². The van der Waals surface area contributed by atoms with Gasteiger partial charge in [-0.05, 0) is 12.8 Å². The second-order valence-electron chi connectivity index (χ2n) is 3.15. The maximum atomic E-state index is 5.53. The Balaban J connectivity index is 2.51. The Morgan fingerprint density at radius 1 is 1.57 bits per heavy atom. The highest BCUT2D eigenvalue weighted by atomic mass is 15.2. The van der Waals surface area contributed by atoms with Crippen molar-refractivity contribution >= 4 is 11.6 Å². The van der Waals surface area contributed by atoms with Gasteiger partial charge in [-0.1, -0.05) is 6.08 Å². The quantitative estimate of drug-likeness (QED) is 0.567. The van der Waals surface area contributed by atoms with Gasteiger partial charge in [-0.3, -0.25) is 4.98 Å². The predicted octanol–water partition coefficient (Wildman–Crippen LogP) is 1.46. The normalized spacial score (nSPS) is 9.79. The molecule has 1 aromatic heterocycles. The molecule has 4 heteroatoms. The molecule has 1 rings (SSSR count). The molecule has 0 aliphatic rings. The molecule has 2 N–H and O–H groups in total. The highest BCUT2D eigenvalue weighted by molar-refractivity contribution is 5.40. The molecule has 14 heavy (non-hydrogen) atoms. The van der Waals surface area contributed by atoms with Gasteiger partial charge < -0.3 is 10.6 Å². The fourth-order valence-corrected chi connectivity index (χ4v) is 1.14. The van der Waals surface area contributed by atoms with Crippen LogP contribution < -0.4 is 10.6 Å². The fourth-order valence-electron chi connectivity index (χ4n) is 1.14. The Morgan fingerprint density at radius 3 is 3.00 bits per heavy atom. The van der Waals surface area contributed by atoms with Gasteiger partial charge in [0.05, 0.1) is 12.4 Å². The molecule has 0 amide bonds. The highest BCUT2D eigenvalue weighted by Gasteiger charge is 2.01. The van der Waals surface area contributed by atoms with Crippen LogP contribution in [0.15, 0.2) is 25.0 Å². The molecule has 0 radical (unpaired) electrons. The number of nitrogens with zero attached hydrogens (tertiary/aromatic N) is 3. The molecule has 0 aliphatic carbocycles. The minimum absolute atomic E-state index is 0.457. The zero-order valence-corrected chi connectivity index (χ0v) is 8.48. The van der Waals surface area contributed by atoms with E-state index in [0.29, 0.717) is 5.82 Å². The smallest absolute Gasteiger partial charge is 0.149 e. The van der Waals surface area contributed by atoms with Gasteiger partial charge in [0.1, 0.15) is 11.6 Å². The van der Waals surface area contributed by atoms with Gasteiger partial charge in [0.2, 0.25) is 0 Å². The number of aromatic nitrogens is 2. The van der Waals surface area contributed by atoms with E-state index in [2.05, 4.69) is 16.5 Å². The Hall–Kier alpha value is -1.58. The van der Waals surface area contributed by atoms with Gasteiger partial charge in [0, 0.05) is 13.6 Å². The molecule has 1 aromatic rings. The summed E-state index contributed by atoms with van der Waals surface area (Å²) in [4.78, 5) is 10.2. The molecule has 0 atom stereocenters. The summed E-state index contributed by atoms with van der Waals surface area (Å²) in [5.41, 5.74) is 5.53. The van der Waals surface area contributed by atoms with E-state index in [1.807, 2.05) is 18.0 Å². The van der Waals surface area contributed by atoms with Gasteiger partial charge in [-0.15, -0.1) is 6.58 Å². The van der Waals surface area contributed by atoms with E-state index in [0.717, 1.165) is 25.2 Å². The van der Waals surface area contributed by atoms with E-state index in [9.17, 15) is 0 Å². The molecule has 0 fully saturated rings. The molecular formula is C10H16N4. The first-order valence-corrected chi connectivity index (χ1v) is 4.63. The van der Waals surface area contributed by atoms with E-state index in [1.54, 1.807) is 12.4 Å². The number of hydrogen-bond donors (Lipinski definition) is 1. The van der Waals surface area contributed by atoms with Crippen molar-refractivity contribution in [3.63, 3.8) is 0 Å². The molecule has 0 aromatic carbocycles.